The first kappa shape index (κ1) is 25.2. The zero-order valence-corrected chi connectivity index (χ0v) is 18.9. The van der Waals surface area contributed by atoms with Gasteiger partial charge < -0.3 is 10.6 Å². The van der Waals surface area contributed by atoms with Gasteiger partial charge >= 0.3 is 0 Å². The molecule has 0 aromatic rings. The lowest BCUT2D eigenvalue weighted by atomic mass is 9.89. The van der Waals surface area contributed by atoms with Crippen molar-refractivity contribution in [2.45, 2.75) is 66.0 Å². The molecule has 0 amide bonds. The summed E-state index contributed by atoms with van der Waals surface area (Å²) in [6.07, 6.45) is 3.34. The number of hydrogen-bond acceptors (Lipinski definition) is 3. The second-order valence-corrected chi connectivity index (χ2v) is 9.58. The maximum atomic E-state index is 11.3. The molecule has 0 spiro atoms. The highest BCUT2D eigenvalue weighted by molar-refractivity contribution is 14.0. The van der Waals surface area contributed by atoms with Crippen LogP contribution in [0.25, 0.3) is 0 Å². The predicted octanol–water partition coefficient (Wildman–Crippen LogP) is 2.31. The van der Waals surface area contributed by atoms with Crippen LogP contribution >= 0.6 is 24.0 Å². The normalized spacial score (nSPS) is 14.9. The predicted molar refractivity (Wildman–Crippen MR) is 110 cm³/mol. The van der Waals surface area contributed by atoms with Crippen molar-refractivity contribution in [3.05, 3.63) is 0 Å². The smallest absolute Gasteiger partial charge is 0.209 e. The highest BCUT2D eigenvalue weighted by Gasteiger charge is 2.22. The lowest BCUT2D eigenvalue weighted by Crippen LogP contribution is -2.53. The minimum atomic E-state index is -3.23. The van der Waals surface area contributed by atoms with Crippen molar-refractivity contribution in [3.63, 3.8) is 0 Å². The fourth-order valence-electron chi connectivity index (χ4n) is 1.99. The third kappa shape index (κ3) is 15.2. The van der Waals surface area contributed by atoms with Gasteiger partial charge in [0.2, 0.25) is 10.0 Å². The van der Waals surface area contributed by atoms with Crippen LogP contribution in [0.5, 0.6) is 0 Å². The van der Waals surface area contributed by atoms with E-state index in [1.54, 1.807) is 7.05 Å². The second-order valence-electron chi connectivity index (χ2n) is 7.83. The van der Waals surface area contributed by atoms with Gasteiger partial charge in [0.05, 0.1) is 6.26 Å². The number of halogens is 1. The number of nitrogens with zero attached hydrogens (tertiary/aromatic N) is 1. The third-order valence-electron chi connectivity index (χ3n) is 3.09. The second kappa shape index (κ2) is 10.0. The number of nitrogens with one attached hydrogen (secondary N) is 3. The van der Waals surface area contributed by atoms with Gasteiger partial charge in [0.15, 0.2) is 5.96 Å². The van der Waals surface area contributed by atoms with E-state index in [1.807, 2.05) is 13.8 Å². The molecular formula is C15H35IN4O2S. The molecule has 0 fully saturated rings. The van der Waals surface area contributed by atoms with Gasteiger partial charge in [-0.3, -0.25) is 4.99 Å². The topological polar surface area (TPSA) is 82.6 Å². The fraction of sp³-hybridized carbons (Fsp3) is 0.933. The van der Waals surface area contributed by atoms with E-state index >= 15 is 0 Å². The standard InChI is InChI=1S/C15H34N4O2S.HI/c1-12(9-10-14(2,3)4)18-13(16-7)17-11-15(5,6)19-22(8,20)21;/h12,19H,9-11H2,1-8H3,(H2,16,17,18);1H. The Kier molecular flexibility index (Phi) is 11.0. The molecule has 0 saturated heterocycles. The first-order chi connectivity index (χ1) is 9.74. The van der Waals surface area contributed by atoms with Crippen molar-refractivity contribution in [2.75, 3.05) is 19.8 Å². The van der Waals surface area contributed by atoms with Crippen LogP contribution in [-0.2, 0) is 10.0 Å². The molecule has 0 heterocycles. The summed E-state index contributed by atoms with van der Waals surface area (Å²) >= 11 is 0. The summed E-state index contributed by atoms with van der Waals surface area (Å²) in [6.45, 7) is 12.9. The molecule has 0 aliphatic rings. The van der Waals surface area contributed by atoms with E-state index in [0.717, 1.165) is 19.1 Å². The molecule has 1 atom stereocenters. The summed E-state index contributed by atoms with van der Waals surface area (Å²) in [7, 11) is -1.52. The third-order valence-corrected chi connectivity index (χ3v) is 4.02. The maximum absolute atomic E-state index is 11.3. The molecule has 3 N–H and O–H groups in total. The van der Waals surface area contributed by atoms with Crippen LogP contribution in [0.3, 0.4) is 0 Å². The van der Waals surface area contributed by atoms with Gasteiger partial charge in [-0.25, -0.2) is 13.1 Å². The van der Waals surface area contributed by atoms with Gasteiger partial charge in [-0.1, -0.05) is 20.8 Å². The van der Waals surface area contributed by atoms with Crippen LogP contribution in [0.1, 0.15) is 54.4 Å². The molecule has 0 aliphatic carbocycles. The van der Waals surface area contributed by atoms with Crippen LogP contribution in [0.15, 0.2) is 4.99 Å². The molecular weight excluding hydrogens is 427 g/mol. The lowest BCUT2D eigenvalue weighted by Gasteiger charge is -2.28. The molecule has 0 aromatic heterocycles. The lowest BCUT2D eigenvalue weighted by molar-refractivity contribution is 0.345. The van der Waals surface area contributed by atoms with Gasteiger partial charge in [0.1, 0.15) is 0 Å². The summed E-state index contributed by atoms with van der Waals surface area (Å²) in [5, 5.41) is 6.51. The van der Waals surface area contributed by atoms with Crippen molar-refractivity contribution < 1.29 is 8.42 Å². The first-order valence-electron chi connectivity index (χ1n) is 7.70. The van der Waals surface area contributed by atoms with E-state index in [9.17, 15) is 8.42 Å². The number of rotatable bonds is 7. The Morgan fingerprint density at radius 2 is 1.70 bits per heavy atom. The Bertz CT molecular complexity index is 470. The molecule has 0 radical (unpaired) electrons. The molecule has 0 rings (SSSR count). The summed E-state index contributed by atoms with van der Waals surface area (Å²) in [5.41, 5.74) is -0.270. The Morgan fingerprint density at radius 3 is 2.09 bits per heavy atom. The van der Waals surface area contributed by atoms with E-state index in [4.69, 9.17) is 0 Å². The van der Waals surface area contributed by atoms with Gasteiger partial charge in [0, 0.05) is 25.2 Å². The molecule has 6 nitrogen and oxygen atoms in total. The number of guanidine groups is 1. The number of sulfonamides is 1. The van der Waals surface area contributed by atoms with Crippen LogP contribution in [0.4, 0.5) is 0 Å². The molecule has 8 heteroatoms. The average molecular weight is 462 g/mol. The molecule has 0 aliphatic heterocycles. The number of hydrogen-bond donors (Lipinski definition) is 3. The Balaban J connectivity index is 0. The quantitative estimate of drug-likeness (QED) is 0.308. The highest BCUT2D eigenvalue weighted by atomic mass is 127. The SMILES string of the molecule is CN=C(NCC(C)(C)NS(C)(=O)=O)NC(C)CCC(C)(C)C.I. The maximum Gasteiger partial charge on any atom is 0.209 e. The fourth-order valence-corrected chi connectivity index (χ4v) is 3.07. The molecule has 1 unspecified atom stereocenters. The van der Waals surface area contributed by atoms with Crippen molar-refractivity contribution in [1.82, 2.24) is 15.4 Å². The summed E-state index contributed by atoms with van der Waals surface area (Å²) in [6, 6.07) is 0.302. The van der Waals surface area contributed by atoms with Crippen molar-refractivity contribution in [1.29, 1.82) is 0 Å². The van der Waals surface area contributed by atoms with Crippen molar-refractivity contribution in [3.8, 4) is 0 Å². The minimum absolute atomic E-state index is 0. The monoisotopic (exact) mass is 462 g/mol. The van der Waals surface area contributed by atoms with Gasteiger partial charge in [0.25, 0.3) is 0 Å². The zero-order valence-electron chi connectivity index (χ0n) is 15.8. The van der Waals surface area contributed by atoms with Gasteiger partial charge in [-0.05, 0) is 39.0 Å². The van der Waals surface area contributed by atoms with E-state index in [0.29, 0.717) is 24.0 Å². The zero-order chi connectivity index (χ0) is 17.6. The molecule has 0 aromatic carbocycles. The Hall–Kier alpha value is -0.0900. The molecule has 0 saturated carbocycles. The van der Waals surface area contributed by atoms with E-state index in [2.05, 4.69) is 48.0 Å². The largest absolute Gasteiger partial charge is 0.355 e. The molecule has 0 bridgehead atoms. The van der Waals surface area contributed by atoms with Crippen LogP contribution < -0.4 is 15.4 Å². The average Bonchev–Trinajstić information content (AvgIpc) is 2.28. The molecule has 23 heavy (non-hydrogen) atoms. The summed E-state index contributed by atoms with van der Waals surface area (Å²) in [5.74, 6) is 0.685. The Morgan fingerprint density at radius 1 is 1.17 bits per heavy atom. The number of aliphatic imine (C=N–C) groups is 1. The van der Waals surface area contributed by atoms with E-state index in [1.165, 1.54) is 0 Å². The van der Waals surface area contributed by atoms with Crippen molar-refractivity contribution >= 4 is 40.0 Å². The van der Waals surface area contributed by atoms with Gasteiger partial charge in [-0.15, -0.1) is 24.0 Å². The van der Waals surface area contributed by atoms with Crippen molar-refractivity contribution in [2.24, 2.45) is 10.4 Å². The molecule has 140 valence electrons. The van der Waals surface area contributed by atoms with Gasteiger partial charge in [-0.2, -0.15) is 0 Å². The highest BCUT2D eigenvalue weighted by Crippen LogP contribution is 2.21. The summed E-state index contributed by atoms with van der Waals surface area (Å²) in [4.78, 5) is 4.19. The van der Waals surface area contributed by atoms with Crippen LogP contribution in [-0.4, -0.2) is 45.8 Å². The Labute approximate surface area is 159 Å². The van der Waals surface area contributed by atoms with E-state index < -0.39 is 15.6 Å². The van der Waals surface area contributed by atoms with Crippen LogP contribution in [0.2, 0.25) is 0 Å². The first-order valence-corrected chi connectivity index (χ1v) is 9.59. The minimum Gasteiger partial charge on any atom is -0.355 e. The van der Waals surface area contributed by atoms with E-state index in [-0.39, 0.29) is 24.0 Å². The summed E-state index contributed by atoms with van der Waals surface area (Å²) < 4.78 is 25.3. The van der Waals surface area contributed by atoms with Crippen LogP contribution in [0, 0.1) is 5.41 Å².